The molecule has 0 radical (unpaired) electrons. The van der Waals surface area contributed by atoms with E-state index >= 15 is 0 Å². The summed E-state index contributed by atoms with van der Waals surface area (Å²) in [5.74, 6) is 0.124. The van der Waals surface area contributed by atoms with Crippen molar-refractivity contribution in [1.82, 2.24) is 4.98 Å². The van der Waals surface area contributed by atoms with E-state index in [9.17, 15) is 13.2 Å². The van der Waals surface area contributed by atoms with Crippen molar-refractivity contribution < 1.29 is 22.3 Å². The van der Waals surface area contributed by atoms with Gasteiger partial charge in [-0.05, 0) is 72.8 Å². The highest BCUT2D eigenvalue weighted by Gasteiger charge is 2.54. The molecule has 216 valence electrons. The van der Waals surface area contributed by atoms with Crippen molar-refractivity contribution in [2.75, 3.05) is 0 Å². The molecule has 2 atom stereocenters. The van der Waals surface area contributed by atoms with Gasteiger partial charge in [-0.2, -0.15) is 13.2 Å². The Hall–Kier alpha value is -1.22. The van der Waals surface area contributed by atoms with Gasteiger partial charge < -0.3 is 9.16 Å². The topological polar surface area (TPSA) is 31.4 Å². The maximum Gasteiger partial charge on any atom is 0.425 e. The monoisotopic (exact) mass is 579 g/mol. The third-order valence-corrected chi connectivity index (χ3v) is 15.2. The molecule has 1 unspecified atom stereocenters. The van der Waals surface area contributed by atoms with Gasteiger partial charge in [-0.25, -0.2) is 0 Å². The second-order valence-electron chi connectivity index (χ2n) is 14.6. The zero-order chi connectivity index (χ0) is 28.8. The average molecular weight is 580 g/mol. The molecule has 1 aliphatic heterocycles. The molecule has 2 aromatic heterocycles. The smallest absolute Gasteiger partial charge is 0.410 e. The number of halogens is 3. The zero-order valence-electron chi connectivity index (χ0n) is 24.9. The highest BCUT2D eigenvalue weighted by atomic mass is 32.1. The maximum absolute atomic E-state index is 13.6. The summed E-state index contributed by atoms with van der Waals surface area (Å²) in [5.41, 5.74) is 5.04. The summed E-state index contributed by atoms with van der Waals surface area (Å²) in [4.78, 5) is 5.39. The van der Waals surface area contributed by atoms with E-state index in [0.717, 1.165) is 66.8 Å². The van der Waals surface area contributed by atoms with Crippen LogP contribution in [0.5, 0.6) is 0 Å². The fraction of sp³-hybridized carbons (Fsp3) is 0.710. The van der Waals surface area contributed by atoms with Gasteiger partial charge in [-0.1, -0.05) is 61.3 Å². The Balaban J connectivity index is 1.76. The van der Waals surface area contributed by atoms with Crippen LogP contribution in [0.15, 0.2) is 12.1 Å². The number of hydrogen-bond donors (Lipinski definition) is 0. The third-order valence-electron chi connectivity index (χ3n) is 9.51. The van der Waals surface area contributed by atoms with E-state index in [1.54, 1.807) is 6.07 Å². The summed E-state index contributed by atoms with van der Waals surface area (Å²) in [6.45, 7) is 20.3. The van der Waals surface area contributed by atoms with E-state index in [-0.39, 0.29) is 22.5 Å². The number of nitrogens with zero attached hydrogens (tertiary/aromatic N) is 1. The van der Waals surface area contributed by atoms with Gasteiger partial charge in [-0.15, -0.1) is 11.3 Å². The predicted molar refractivity (Wildman–Crippen MR) is 154 cm³/mol. The molecular weight excluding hydrogens is 535 g/mol. The van der Waals surface area contributed by atoms with Gasteiger partial charge in [0.25, 0.3) is 0 Å². The molecule has 0 bridgehead atoms. The van der Waals surface area contributed by atoms with Gasteiger partial charge in [0.2, 0.25) is 0 Å². The van der Waals surface area contributed by atoms with Crippen LogP contribution in [0.1, 0.15) is 137 Å². The number of thiophene rings is 1. The van der Waals surface area contributed by atoms with Gasteiger partial charge in [0.1, 0.15) is 11.0 Å². The normalized spacial score (nSPS) is 24.4. The minimum atomic E-state index is -4.36. The van der Waals surface area contributed by atoms with Gasteiger partial charge in [0.05, 0.1) is 11.7 Å². The molecular formula is C31H44F3NO2SSi. The number of rotatable bonds is 4. The number of hydrogen-bond acceptors (Lipinski definition) is 4. The van der Waals surface area contributed by atoms with Crippen LogP contribution in [0.4, 0.5) is 13.2 Å². The molecule has 0 aromatic carbocycles. The minimum absolute atomic E-state index is 0.0343. The number of fused-ring (bicyclic) bond motifs is 4. The summed E-state index contributed by atoms with van der Waals surface area (Å²) in [6, 6.07) is 2.82. The minimum Gasteiger partial charge on any atom is -0.410 e. The Bertz CT molecular complexity index is 1250. The van der Waals surface area contributed by atoms with Gasteiger partial charge in [0, 0.05) is 27.4 Å². The Labute approximate surface area is 237 Å². The van der Waals surface area contributed by atoms with E-state index in [0.29, 0.717) is 4.88 Å². The quantitative estimate of drug-likeness (QED) is 0.338. The molecule has 1 spiro atoms. The highest BCUT2D eigenvalue weighted by molar-refractivity contribution is 7.12. The summed E-state index contributed by atoms with van der Waals surface area (Å²) < 4.78 is 55.1. The molecule has 8 heteroatoms. The zero-order valence-corrected chi connectivity index (χ0v) is 26.8. The molecule has 0 N–H and O–H groups in total. The Kier molecular flexibility index (Phi) is 7.05. The third kappa shape index (κ3) is 5.06. The van der Waals surface area contributed by atoms with Crippen molar-refractivity contribution in [3.8, 4) is 0 Å². The van der Waals surface area contributed by atoms with E-state index in [2.05, 4.69) is 61.6 Å². The summed E-state index contributed by atoms with van der Waals surface area (Å²) >= 11 is 0.812. The molecule has 1 saturated carbocycles. The van der Waals surface area contributed by atoms with Crippen molar-refractivity contribution >= 4 is 19.7 Å². The first-order chi connectivity index (χ1) is 17.9. The second-order valence-corrected chi connectivity index (χ2v) is 20.5. The van der Waals surface area contributed by atoms with Crippen LogP contribution < -0.4 is 0 Å². The molecule has 3 nitrogen and oxygen atoms in total. The van der Waals surface area contributed by atoms with Crippen LogP contribution in [0.3, 0.4) is 0 Å². The Morgan fingerprint density at radius 2 is 1.72 bits per heavy atom. The molecule has 39 heavy (non-hydrogen) atoms. The van der Waals surface area contributed by atoms with Crippen molar-refractivity contribution in [1.29, 1.82) is 0 Å². The fourth-order valence-corrected chi connectivity index (χ4v) is 8.81. The molecule has 2 aliphatic carbocycles. The lowest BCUT2D eigenvalue weighted by Crippen LogP contribution is -2.44. The molecule has 0 saturated heterocycles. The first kappa shape index (κ1) is 29.3. The maximum atomic E-state index is 13.6. The van der Waals surface area contributed by atoms with Gasteiger partial charge >= 0.3 is 6.18 Å². The van der Waals surface area contributed by atoms with E-state index < -0.39 is 31.1 Å². The first-order valence-electron chi connectivity index (χ1n) is 14.4. The van der Waals surface area contributed by atoms with Crippen LogP contribution in [0.25, 0.3) is 0 Å². The first-order valence-corrected chi connectivity index (χ1v) is 18.2. The van der Waals surface area contributed by atoms with E-state index in [1.807, 2.05) is 0 Å². The van der Waals surface area contributed by atoms with Crippen LogP contribution >= 0.6 is 11.3 Å². The van der Waals surface area contributed by atoms with Crippen molar-refractivity contribution in [3.63, 3.8) is 0 Å². The number of ether oxygens (including phenoxy) is 1. The van der Waals surface area contributed by atoms with Crippen LogP contribution in [-0.4, -0.2) is 13.3 Å². The molecule has 5 rings (SSSR count). The second kappa shape index (κ2) is 9.40. The van der Waals surface area contributed by atoms with E-state index in [4.69, 9.17) is 14.1 Å². The largest absolute Gasteiger partial charge is 0.425 e. The average Bonchev–Trinajstić information content (AvgIpc) is 3.51. The van der Waals surface area contributed by atoms with Crippen LogP contribution in [-0.2, 0) is 27.4 Å². The van der Waals surface area contributed by atoms with Gasteiger partial charge in [-0.3, -0.25) is 4.98 Å². The van der Waals surface area contributed by atoms with Crippen LogP contribution in [0, 0.1) is 5.41 Å². The predicted octanol–water partition coefficient (Wildman–Crippen LogP) is 10.2. The molecule has 0 amide bonds. The summed E-state index contributed by atoms with van der Waals surface area (Å²) in [6.07, 6.45) is 0.660. The lowest BCUT2D eigenvalue weighted by Gasteiger charge is -2.45. The lowest BCUT2D eigenvalue weighted by atomic mass is 9.70. The standard InChI is InChI=1S/C31H44F3NO2SSi/c1-18(2)26-24-25(23-19(35-26)16-29(6,7)17-20(23)37-39(8,9)28(3,4)5)30(14-10-11-15-30)36-27(24)21-12-13-22(38-21)31(32,33)34/h12-13,18,20,27H,10-11,14-17H2,1-9H3/t20?,27-/m1/s1. The van der Waals surface area contributed by atoms with Gasteiger partial charge in [0.15, 0.2) is 8.32 Å². The molecule has 2 aromatic rings. The summed E-state index contributed by atoms with van der Waals surface area (Å²) in [5, 5.41) is 0.0538. The van der Waals surface area contributed by atoms with Crippen LogP contribution in [0.2, 0.25) is 18.1 Å². The van der Waals surface area contributed by atoms with Crippen molar-refractivity contribution in [3.05, 3.63) is 50.0 Å². The number of alkyl halides is 3. The SMILES string of the molecule is CC(C)c1nc2c(c3c1[C@@H](c1ccc(C(F)(F)F)s1)OC31CCCC1)C(O[Si](C)(C)C(C)(C)C)CC(C)(C)C2. The highest BCUT2D eigenvalue weighted by Crippen LogP contribution is 2.61. The lowest BCUT2D eigenvalue weighted by molar-refractivity contribution is -0.134. The number of pyridine rings is 1. The Morgan fingerprint density at radius 1 is 1.08 bits per heavy atom. The fourth-order valence-electron chi connectivity index (χ4n) is 6.63. The molecule has 3 aliphatic rings. The molecule has 3 heterocycles. The van der Waals surface area contributed by atoms with E-state index in [1.165, 1.54) is 17.2 Å². The summed E-state index contributed by atoms with van der Waals surface area (Å²) in [7, 11) is -2.13. The molecule has 1 fully saturated rings. The van der Waals surface area contributed by atoms with Crippen molar-refractivity contribution in [2.24, 2.45) is 5.41 Å². The Morgan fingerprint density at radius 3 is 2.26 bits per heavy atom. The van der Waals surface area contributed by atoms with Crippen molar-refractivity contribution in [2.45, 2.75) is 135 Å². The number of aromatic nitrogens is 1.